The molecular formula is C17H15ClFN5OS. The van der Waals surface area contributed by atoms with Gasteiger partial charge in [0.05, 0.1) is 19.3 Å². The van der Waals surface area contributed by atoms with Crippen LogP contribution in [0.15, 0.2) is 48.8 Å². The van der Waals surface area contributed by atoms with Crippen LogP contribution < -0.4 is 15.4 Å². The standard InChI is InChI=1S/C17H15ClFN5OS/c1-25-15-7-6-12(18)8-14(15)21-17(26)22-16-20-10-24(23-16)9-11-4-2-3-5-13(11)19/h2-8,10H,9H2,1H3,(H2,21,22,23,26). The van der Waals surface area contributed by atoms with Gasteiger partial charge in [-0.3, -0.25) is 5.32 Å². The first-order valence-electron chi connectivity index (χ1n) is 7.59. The molecule has 1 aromatic heterocycles. The van der Waals surface area contributed by atoms with Crippen molar-refractivity contribution in [3.63, 3.8) is 0 Å². The second kappa shape index (κ2) is 8.11. The average Bonchev–Trinajstić information content (AvgIpc) is 3.04. The van der Waals surface area contributed by atoms with Crippen LogP contribution >= 0.6 is 23.8 Å². The SMILES string of the molecule is COc1ccc(Cl)cc1NC(=S)Nc1ncn(Cc2ccccc2F)n1. The van der Waals surface area contributed by atoms with Crippen molar-refractivity contribution in [2.75, 3.05) is 17.7 Å². The third-order valence-corrected chi connectivity index (χ3v) is 3.90. The molecule has 0 atom stereocenters. The van der Waals surface area contributed by atoms with E-state index in [2.05, 4.69) is 20.7 Å². The minimum Gasteiger partial charge on any atom is -0.495 e. The summed E-state index contributed by atoms with van der Waals surface area (Å²) in [5.41, 5.74) is 1.14. The zero-order valence-electron chi connectivity index (χ0n) is 13.7. The molecule has 3 aromatic rings. The van der Waals surface area contributed by atoms with Crippen LogP contribution in [0.3, 0.4) is 0 Å². The Balaban J connectivity index is 1.65. The van der Waals surface area contributed by atoms with E-state index in [0.29, 0.717) is 28.0 Å². The summed E-state index contributed by atoms with van der Waals surface area (Å²) in [5, 5.41) is 10.9. The van der Waals surface area contributed by atoms with Crippen LogP contribution in [0.1, 0.15) is 5.56 Å². The second-order valence-electron chi connectivity index (χ2n) is 5.28. The number of hydrogen-bond donors (Lipinski definition) is 2. The van der Waals surface area contributed by atoms with Crippen LogP contribution in [0.4, 0.5) is 16.0 Å². The summed E-state index contributed by atoms with van der Waals surface area (Å²) in [5.74, 6) is 0.596. The maximum absolute atomic E-state index is 13.7. The van der Waals surface area contributed by atoms with Gasteiger partial charge in [0.15, 0.2) is 5.11 Å². The summed E-state index contributed by atoms with van der Waals surface area (Å²) in [6.45, 7) is 0.268. The number of hydrogen-bond acceptors (Lipinski definition) is 4. The van der Waals surface area contributed by atoms with E-state index in [1.165, 1.54) is 17.1 Å². The maximum Gasteiger partial charge on any atom is 0.248 e. The number of nitrogens with one attached hydrogen (secondary N) is 2. The summed E-state index contributed by atoms with van der Waals surface area (Å²) < 4.78 is 20.5. The number of anilines is 2. The summed E-state index contributed by atoms with van der Waals surface area (Å²) in [7, 11) is 1.55. The molecule has 3 rings (SSSR count). The molecule has 0 saturated heterocycles. The topological polar surface area (TPSA) is 64.0 Å². The van der Waals surface area contributed by atoms with Gasteiger partial charge in [-0.25, -0.2) is 14.1 Å². The monoisotopic (exact) mass is 391 g/mol. The van der Waals surface area contributed by atoms with E-state index < -0.39 is 0 Å². The van der Waals surface area contributed by atoms with Gasteiger partial charge in [0.1, 0.15) is 17.9 Å². The van der Waals surface area contributed by atoms with E-state index >= 15 is 0 Å². The molecule has 0 radical (unpaired) electrons. The molecule has 9 heteroatoms. The zero-order chi connectivity index (χ0) is 18.5. The molecule has 0 amide bonds. The van der Waals surface area contributed by atoms with Crippen molar-refractivity contribution in [2.24, 2.45) is 0 Å². The third kappa shape index (κ3) is 4.47. The van der Waals surface area contributed by atoms with Gasteiger partial charge in [0, 0.05) is 10.6 Å². The highest BCUT2D eigenvalue weighted by molar-refractivity contribution is 7.80. The van der Waals surface area contributed by atoms with Gasteiger partial charge in [-0.15, -0.1) is 5.10 Å². The van der Waals surface area contributed by atoms with Gasteiger partial charge in [-0.2, -0.15) is 0 Å². The number of nitrogens with zero attached hydrogens (tertiary/aromatic N) is 3. The Hall–Kier alpha value is -2.71. The largest absolute Gasteiger partial charge is 0.495 e. The summed E-state index contributed by atoms with van der Waals surface area (Å²) in [6, 6.07) is 11.7. The Morgan fingerprint density at radius 1 is 1.27 bits per heavy atom. The van der Waals surface area contributed by atoms with Gasteiger partial charge in [-0.1, -0.05) is 29.8 Å². The second-order valence-corrected chi connectivity index (χ2v) is 6.13. The van der Waals surface area contributed by atoms with Crippen molar-refractivity contribution in [1.82, 2.24) is 14.8 Å². The molecule has 1 heterocycles. The molecule has 6 nitrogen and oxygen atoms in total. The van der Waals surface area contributed by atoms with Gasteiger partial charge < -0.3 is 10.1 Å². The Morgan fingerprint density at radius 2 is 2.08 bits per heavy atom. The number of halogens is 2. The number of benzene rings is 2. The molecule has 0 saturated carbocycles. The van der Waals surface area contributed by atoms with E-state index in [9.17, 15) is 4.39 Å². The molecule has 0 aliphatic heterocycles. The van der Waals surface area contributed by atoms with Gasteiger partial charge in [0.25, 0.3) is 0 Å². The van der Waals surface area contributed by atoms with Crippen molar-refractivity contribution in [3.8, 4) is 5.75 Å². The highest BCUT2D eigenvalue weighted by Gasteiger charge is 2.09. The van der Waals surface area contributed by atoms with Crippen molar-refractivity contribution in [3.05, 3.63) is 65.2 Å². The summed E-state index contributed by atoms with van der Waals surface area (Å²) in [6.07, 6.45) is 1.50. The van der Waals surface area contributed by atoms with Crippen LogP contribution in [-0.2, 0) is 6.54 Å². The number of methoxy groups -OCH3 is 1. The van der Waals surface area contributed by atoms with Crippen molar-refractivity contribution >= 4 is 40.6 Å². The van der Waals surface area contributed by atoms with Gasteiger partial charge in [-0.05, 0) is 36.5 Å². The molecule has 0 bridgehead atoms. The first kappa shape index (κ1) is 18.1. The van der Waals surface area contributed by atoms with Crippen molar-refractivity contribution in [2.45, 2.75) is 6.54 Å². The minimum absolute atomic E-state index is 0.268. The lowest BCUT2D eigenvalue weighted by Gasteiger charge is -2.12. The number of ether oxygens (including phenoxy) is 1. The number of aromatic nitrogens is 3. The molecule has 2 aromatic carbocycles. The lowest BCUT2D eigenvalue weighted by molar-refractivity contribution is 0.417. The quantitative estimate of drug-likeness (QED) is 0.642. The molecule has 0 fully saturated rings. The van der Waals surface area contributed by atoms with E-state index in [1.807, 2.05) is 0 Å². The molecular weight excluding hydrogens is 377 g/mol. The Kier molecular flexibility index (Phi) is 5.65. The normalized spacial score (nSPS) is 10.4. The predicted molar refractivity (Wildman–Crippen MR) is 103 cm³/mol. The predicted octanol–water partition coefficient (Wildman–Crippen LogP) is 3.94. The van der Waals surface area contributed by atoms with Crippen LogP contribution in [0.25, 0.3) is 0 Å². The first-order valence-corrected chi connectivity index (χ1v) is 8.38. The molecule has 134 valence electrons. The summed E-state index contributed by atoms with van der Waals surface area (Å²) in [4.78, 5) is 4.12. The lowest BCUT2D eigenvalue weighted by Crippen LogP contribution is -2.20. The highest BCUT2D eigenvalue weighted by atomic mass is 35.5. The molecule has 0 spiro atoms. The fraction of sp³-hybridized carbons (Fsp3) is 0.118. The number of rotatable bonds is 5. The highest BCUT2D eigenvalue weighted by Crippen LogP contribution is 2.27. The molecule has 2 N–H and O–H groups in total. The maximum atomic E-state index is 13.7. The van der Waals surface area contributed by atoms with Gasteiger partial charge in [0.2, 0.25) is 5.95 Å². The van der Waals surface area contributed by atoms with E-state index in [0.717, 1.165) is 0 Å². The third-order valence-electron chi connectivity index (χ3n) is 3.46. The van der Waals surface area contributed by atoms with Crippen LogP contribution in [0, 0.1) is 5.82 Å². The van der Waals surface area contributed by atoms with Gasteiger partial charge >= 0.3 is 0 Å². The molecule has 0 unspecified atom stereocenters. The average molecular weight is 392 g/mol. The van der Waals surface area contributed by atoms with Crippen molar-refractivity contribution in [1.29, 1.82) is 0 Å². The van der Waals surface area contributed by atoms with Crippen molar-refractivity contribution < 1.29 is 9.13 Å². The Labute approximate surface area is 160 Å². The van der Waals surface area contributed by atoms with Crippen LogP contribution in [0.5, 0.6) is 5.75 Å². The van der Waals surface area contributed by atoms with E-state index in [1.54, 1.807) is 43.5 Å². The lowest BCUT2D eigenvalue weighted by atomic mass is 10.2. The summed E-state index contributed by atoms with van der Waals surface area (Å²) >= 11 is 11.3. The number of thiocarbonyl (C=S) groups is 1. The van der Waals surface area contributed by atoms with E-state index in [4.69, 9.17) is 28.6 Å². The Bertz CT molecular complexity index is 933. The molecule has 0 aliphatic carbocycles. The molecule has 26 heavy (non-hydrogen) atoms. The minimum atomic E-state index is -0.289. The van der Waals surface area contributed by atoms with Crippen LogP contribution in [-0.4, -0.2) is 27.0 Å². The zero-order valence-corrected chi connectivity index (χ0v) is 15.3. The van der Waals surface area contributed by atoms with Crippen LogP contribution in [0.2, 0.25) is 5.02 Å². The smallest absolute Gasteiger partial charge is 0.248 e. The molecule has 0 aliphatic rings. The first-order chi connectivity index (χ1) is 12.5. The fourth-order valence-corrected chi connectivity index (χ4v) is 2.64. The van der Waals surface area contributed by atoms with E-state index in [-0.39, 0.29) is 17.5 Å². The fourth-order valence-electron chi connectivity index (χ4n) is 2.26. The Morgan fingerprint density at radius 3 is 2.85 bits per heavy atom.